The summed E-state index contributed by atoms with van der Waals surface area (Å²) in [5, 5.41) is 3.31. The number of halogens is 2. The molecule has 0 aliphatic carbocycles. The maximum Gasteiger partial charge on any atom is 0.281 e. The van der Waals surface area contributed by atoms with Crippen LogP contribution in [0.2, 0.25) is 0 Å². The van der Waals surface area contributed by atoms with E-state index in [0.29, 0.717) is 17.0 Å². The third-order valence-corrected chi connectivity index (χ3v) is 4.08. The Morgan fingerprint density at radius 1 is 1.08 bits per heavy atom. The Kier molecular flexibility index (Phi) is 3.81. The van der Waals surface area contributed by atoms with Gasteiger partial charge in [0.2, 0.25) is 0 Å². The average molecular weight is 330 g/mol. The van der Waals surface area contributed by atoms with Crippen LogP contribution in [0.3, 0.4) is 0 Å². The Bertz CT molecular complexity index is 857. The van der Waals surface area contributed by atoms with Crippen molar-refractivity contribution in [3.05, 3.63) is 42.5 Å². The number of piperazine rings is 1. The first-order chi connectivity index (χ1) is 11.7. The number of imidazole rings is 1. The molecule has 1 N–H and O–H groups in total. The van der Waals surface area contributed by atoms with Crippen molar-refractivity contribution in [3.63, 3.8) is 0 Å². The van der Waals surface area contributed by atoms with Crippen molar-refractivity contribution in [2.24, 2.45) is 0 Å². The summed E-state index contributed by atoms with van der Waals surface area (Å²) < 4.78 is 27.4. The lowest BCUT2D eigenvalue weighted by molar-refractivity contribution is 0.145. The van der Waals surface area contributed by atoms with Crippen LogP contribution in [0, 0.1) is 0 Å². The minimum absolute atomic E-state index is 0.278. The highest BCUT2D eigenvalue weighted by atomic mass is 19.3. The van der Waals surface area contributed by atoms with Crippen LogP contribution < -0.4 is 10.2 Å². The van der Waals surface area contributed by atoms with Crippen molar-refractivity contribution in [2.75, 3.05) is 31.1 Å². The molecule has 4 rings (SSSR count). The summed E-state index contributed by atoms with van der Waals surface area (Å²) in [6, 6.07) is 5.75. The molecule has 0 bridgehead atoms. The minimum atomic E-state index is -2.62. The van der Waals surface area contributed by atoms with E-state index in [4.69, 9.17) is 4.98 Å². The highest BCUT2D eigenvalue weighted by Gasteiger charge is 2.15. The van der Waals surface area contributed by atoms with Crippen molar-refractivity contribution in [1.29, 1.82) is 0 Å². The van der Waals surface area contributed by atoms with Gasteiger partial charge < -0.3 is 10.2 Å². The van der Waals surface area contributed by atoms with Crippen LogP contribution in [0.15, 0.2) is 36.8 Å². The molecule has 0 unspecified atom stereocenters. The number of hydrogen-bond donors (Lipinski definition) is 1. The lowest BCUT2D eigenvalue weighted by Gasteiger charge is -2.28. The van der Waals surface area contributed by atoms with Crippen LogP contribution in [0.5, 0.6) is 0 Å². The van der Waals surface area contributed by atoms with Crippen molar-refractivity contribution in [2.45, 2.75) is 6.43 Å². The number of alkyl halides is 2. The molecule has 0 atom stereocenters. The molecular formula is C16H16F2N6. The number of rotatable bonds is 3. The van der Waals surface area contributed by atoms with Gasteiger partial charge in [-0.2, -0.15) is 0 Å². The predicted molar refractivity (Wildman–Crippen MR) is 86.3 cm³/mol. The van der Waals surface area contributed by atoms with E-state index in [1.807, 2.05) is 18.2 Å². The van der Waals surface area contributed by atoms with Crippen molar-refractivity contribution < 1.29 is 8.78 Å². The lowest BCUT2D eigenvalue weighted by Crippen LogP contribution is -2.43. The second-order valence-electron chi connectivity index (χ2n) is 5.60. The molecule has 6 nitrogen and oxygen atoms in total. The highest BCUT2D eigenvalue weighted by Crippen LogP contribution is 2.24. The molecule has 0 saturated carbocycles. The molecular weight excluding hydrogens is 314 g/mol. The first kappa shape index (κ1) is 14.9. The zero-order valence-electron chi connectivity index (χ0n) is 12.9. The van der Waals surface area contributed by atoms with Gasteiger partial charge in [-0.25, -0.2) is 23.7 Å². The molecule has 24 heavy (non-hydrogen) atoms. The van der Waals surface area contributed by atoms with Crippen LogP contribution in [0.25, 0.3) is 17.0 Å². The Morgan fingerprint density at radius 3 is 2.71 bits per heavy atom. The molecule has 8 heteroatoms. The number of hydrogen-bond acceptors (Lipinski definition) is 5. The zero-order valence-corrected chi connectivity index (χ0v) is 12.9. The van der Waals surface area contributed by atoms with Crippen LogP contribution in [0.4, 0.5) is 14.6 Å². The monoisotopic (exact) mass is 330 g/mol. The van der Waals surface area contributed by atoms with E-state index in [1.54, 1.807) is 10.6 Å². The summed E-state index contributed by atoms with van der Waals surface area (Å²) in [5.74, 6) is 0.882. The van der Waals surface area contributed by atoms with Gasteiger partial charge in [0.25, 0.3) is 6.43 Å². The zero-order chi connectivity index (χ0) is 16.5. The van der Waals surface area contributed by atoms with E-state index in [2.05, 4.69) is 20.2 Å². The Hall–Kier alpha value is -2.61. The molecule has 0 spiro atoms. The summed E-state index contributed by atoms with van der Waals surface area (Å²) in [4.78, 5) is 14.9. The van der Waals surface area contributed by atoms with E-state index >= 15 is 0 Å². The van der Waals surface area contributed by atoms with Crippen LogP contribution in [0.1, 0.15) is 12.1 Å². The second kappa shape index (κ2) is 6.12. The van der Waals surface area contributed by atoms with Gasteiger partial charge >= 0.3 is 0 Å². The Balaban J connectivity index is 1.75. The summed E-state index contributed by atoms with van der Waals surface area (Å²) in [6.45, 7) is 3.63. The smallest absolute Gasteiger partial charge is 0.281 e. The number of nitrogens with one attached hydrogen (secondary N) is 1. The molecule has 0 aromatic carbocycles. The average Bonchev–Trinajstić information content (AvgIpc) is 3.05. The topological polar surface area (TPSA) is 58.4 Å². The quantitative estimate of drug-likeness (QED) is 0.797. The molecule has 1 aliphatic rings. The summed E-state index contributed by atoms with van der Waals surface area (Å²) in [7, 11) is 0. The maximum atomic E-state index is 12.9. The van der Waals surface area contributed by atoms with E-state index < -0.39 is 6.43 Å². The van der Waals surface area contributed by atoms with Crippen LogP contribution in [-0.2, 0) is 0 Å². The van der Waals surface area contributed by atoms with Gasteiger partial charge in [0.05, 0.1) is 23.8 Å². The predicted octanol–water partition coefficient (Wildman–Crippen LogP) is 2.14. The van der Waals surface area contributed by atoms with Crippen molar-refractivity contribution in [1.82, 2.24) is 24.7 Å². The van der Waals surface area contributed by atoms with E-state index in [9.17, 15) is 8.78 Å². The third-order valence-electron chi connectivity index (χ3n) is 4.08. The normalized spacial score (nSPS) is 15.4. The molecule has 3 aromatic heterocycles. The van der Waals surface area contributed by atoms with Crippen molar-refractivity contribution in [3.8, 4) is 11.4 Å². The molecule has 0 amide bonds. The number of pyridine rings is 1. The van der Waals surface area contributed by atoms with Gasteiger partial charge in [0.1, 0.15) is 11.5 Å². The minimum Gasteiger partial charge on any atom is -0.354 e. The second-order valence-corrected chi connectivity index (χ2v) is 5.60. The number of fused-ring (bicyclic) bond motifs is 1. The van der Waals surface area contributed by atoms with Gasteiger partial charge in [0.15, 0.2) is 5.65 Å². The van der Waals surface area contributed by atoms with Gasteiger partial charge in [-0.05, 0) is 12.1 Å². The third kappa shape index (κ3) is 2.69. The first-order valence-corrected chi connectivity index (χ1v) is 7.76. The number of aromatic nitrogens is 4. The van der Waals surface area contributed by atoms with E-state index in [1.165, 1.54) is 12.4 Å². The molecule has 124 valence electrons. The van der Waals surface area contributed by atoms with Gasteiger partial charge in [-0.1, -0.05) is 6.07 Å². The molecule has 3 aromatic rings. The van der Waals surface area contributed by atoms with Crippen molar-refractivity contribution >= 4 is 11.5 Å². The van der Waals surface area contributed by atoms with Crippen LogP contribution in [-0.4, -0.2) is 45.5 Å². The Morgan fingerprint density at radius 2 is 1.92 bits per heavy atom. The Labute approximate surface area is 137 Å². The fourth-order valence-electron chi connectivity index (χ4n) is 2.84. The molecule has 1 aliphatic heterocycles. The maximum absolute atomic E-state index is 12.9. The number of nitrogens with zero attached hydrogens (tertiary/aromatic N) is 5. The molecule has 1 fully saturated rings. The van der Waals surface area contributed by atoms with Gasteiger partial charge in [-0.15, -0.1) is 0 Å². The number of anilines is 1. The highest BCUT2D eigenvalue weighted by molar-refractivity contribution is 5.62. The van der Waals surface area contributed by atoms with Crippen LogP contribution >= 0.6 is 0 Å². The summed E-state index contributed by atoms with van der Waals surface area (Å²) in [6.07, 6.45) is 1.69. The molecule has 4 heterocycles. The summed E-state index contributed by atoms with van der Waals surface area (Å²) >= 11 is 0. The fraction of sp³-hybridized carbons (Fsp3) is 0.312. The van der Waals surface area contributed by atoms with Gasteiger partial charge in [-0.3, -0.25) is 4.40 Å². The largest absolute Gasteiger partial charge is 0.354 e. The standard InChI is InChI=1S/C16H16F2N6/c17-16(18)12-10-24-13(8-21-15(24)9-20-12)11-2-1-3-14(22-11)23-6-4-19-5-7-23/h1-3,8-10,16,19H,4-7H2. The summed E-state index contributed by atoms with van der Waals surface area (Å²) in [5.41, 5.74) is 1.61. The van der Waals surface area contributed by atoms with E-state index in [0.717, 1.165) is 32.0 Å². The fourth-order valence-corrected chi connectivity index (χ4v) is 2.84. The SMILES string of the molecule is FC(F)c1cn2c(-c3cccc(N4CCNCC4)n3)cnc2cn1. The molecule has 0 radical (unpaired) electrons. The molecule has 1 saturated heterocycles. The first-order valence-electron chi connectivity index (χ1n) is 7.76. The lowest BCUT2D eigenvalue weighted by atomic mass is 10.2. The van der Waals surface area contributed by atoms with Gasteiger partial charge in [0, 0.05) is 32.4 Å². The van der Waals surface area contributed by atoms with E-state index in [-0.39, 0.29) is 5.69 Å².